The molecule has 116 valence electrons. The molecule has 1 N–H and O–H groups in total. The van der Waals surface area contributed by atoms with Crippen molar-refractivity contribution in [2.45, 2.75) is 32.2 Å². The molecule has 1 aromatic carbocycles. The molecular weight excluding hydrogens is 290 g/mol. The Hall–Kier alpha value is -0.800. The summed E-state index contributed by atoms with van der Waals surface area (Å²) in [6, 6.07) is 4.59. The van der Waals surface area contributed by atoms with Crippen molar-refractivity contribution >= 4 is 20.1 Å². The van der Waals surface area contributed by atoms with Crippen LogP contribution in [0.4, 0.5) is 4.39 Å². The fraction of sp³-hybridized carbons (Fsp3) is 0.500. The smallest absolute Gasteiger partial charge is 0.163 e. The molecule has 0 aliphatic carbocycles. The van der Waals surface area contributed by atoms with Crippen LogP contribution in [-0.4, -0.2) is 30.2 Å². The van der Waals surface area contributed by atoms with Gasteiger partial charge in [0, 0.05) is 12.5 Å². The molecule has 3 nitrogen and oxygen atoms in total. The molecule has 0 amide bonds. The van der Waals surface area contributed by atoms with Crippen LogP contribution >= 0.6 is 9.24 Å². The molecule has 1 unspecified atom stereocenters. The third kappa shape index (κ3) is 4.10. The van der Waals surface area contributed by atoms with Crippen molar-refractivity contribution in [1.29, 1.82) is 0 Å². The van der Waals surface area contributed by atoms with Crippen LogP contribution in [0.2, 0.25) is 0 Å². The Bertz CT molecular complexity index is 530. The van der Waals surface area contributed by atoms with E-state index in [0.717, 1.165) is 16.4 Å². The Balaban J connectivity index is 2.06. The van der Waals surface area contributed by atoms with Gasteiger partial charge in [0.2, 0.25) is 0 Å². The average Bonchev–Trinajstić information content (AvgIpc) is 2.76. The second-order valence-corrected chi connectivity index (χ2v) is 6.47. The lowest BCUT2D eigenvalue weighted by Crippen LogP contribution is -2.29. The second kappa shape index (κ2) is 6.53. The molecule has 1 fully saturated rings. The first-order valence-corrected chi connectivity index (χ1v) is 7.56. The molecule has 1 saturated heterocycles. The van der Waals surface area contributed by atoms with Gasteiger partial charge in [-0.1, -0.05) is 12.6 Å². The third-order valence-electron chi connectivity index (χ3n) is 3.69. The zero-order valence-corrected chi connectivity index (χ0v) is 13.6. The number of aliphatic hydroxyl groups excluding tert-OH is 1. The van der Waals surface area contributed by atoms with Crippen molar-refractivity contribution in [1.82, 2.24) is 0 Å². The van der Waals surface area contributed by atoms with Crippen LogP contribution in [-0.2, 0) is 9.47 Å². The summed E-state index contributed by atoms with van der Waals surface area (Å²) in [6.07, 6.45) is 0.420. The number of benzene rings is 1. The van der Waals surface area contributed by atoms with Gasteiger partial charge in [-0.05, 0) is 48.8 Å². The van der Waals surface area contributed by atoms with Crippen LogP contribution in [0.3, 0.4) is 0 Å². The van der Waals surface area contributed by atoms with Crippen LogP contribution in [0.1, 0.15) is 25.8 Å². The maximum atomic E-state index is 13.2. The van der Waals surface area contributed by atoms with Gasteiger partial charge in [-0.3, -0.25) is 0 Å². The maximum Gasteiger partial charge on any atom is 0.163 e. The molecule has 0 aromatic heterocycles. The Morgan fingerprint density at radius 2 is 2.29 bits per heavy atom. The highest BCUT2D eigenvalue weighted by atomic mass is 31.0. The second-order valence-electron chi connectivity index (χ2n) is 5.85. The Morgan fingerprint density at radius 3 is 2.81 bits per heavy atom. The van der Waals surface area contributed by atoms with E-state index in [0.29, 0.717) is 13.0 Å². The summed E-state index contributed by atoms with van der Waals surface area (Å²) in [5.74, 6) is -0.973. The molecule has 0 radical (unpaired) electrons. The van der Waals surface area contributed by atoms with Gasteiger partial charge >= 0.3 is 0 Å². The average molecular weight is 312 g/mol. The van der Waals surface area contributed by atoms with Crippen LogP contribution < -0.4 is 5.30 Å². The molecule has 1 aromatic rings. The van der Waals surface area contributed by atoms with Gasteiger partial charge in [0.05, 0.1) is 12.7 Å². The van der Waals surface area contributed by atoms with E-state index in [1.54, 1.807) is 6.07 Å². The number of halogens is 1. The summed E-state index contributed by atoms with van der Waals surface area (Å²) >= 11 is 0. The summed E-state index contributed by atoms with van der Waals surface area (Å²) in [4.78, 5) is 0. The predicted molar refractivity (Wildman–Crippen MR) is 84.9 cm³/mol. The van der Waals surface area contributed by atoms with E-state index in [4.69, 9.17) is 9.47 Å². The number of allylic oxidation sites excluding steroid dienone is 1. The van der Waals surface area contributed by atoms with Crippen molar-refractivity contribution in [2.24, 2.45) is 5.92 Å². The van der Waals surface area contributed by atoms with E-state index in [1.807, 2.05) is 13.8 Å². The van der Waals surface area contributed by atoms with Gasteiger partial charge in [-0.15, -0.1) is 9.24 Å². The predicted octanol–water partition coefficient (Wildman–Crippen LogP) is 2.49. The number of hydrogen-bond acceptors (Lipinski definition) is 3. The number of hydrogen-bond donors (Lipinski definition) is 1. The molecule has 2 rings (SSSR count). The number of aliphatic hydroxyl groups is 1. The summed E-state index contributed by atoms with van der Waals surface area (Å²) in [6.45, 7) is 8.24. The number of rotatable bonds is 5. The molecule has 1 aliphatic heterocycles. The van der Waals surface area contributed by atoms with E-state index in [9.17, 15) is 9.50 Å². The highest BCUT2D eigenvalue weighted by Gasteiger charge is 2.37. The Labute approximate surface area is 127 Å². The minimum absolute atomic E-state index is 0.00346. The summed E-state index contributed by atoms with van der Waals surface area (Å²) in [5, 5.41) is 10.4. The molecule has 1 aliphatic rings. The standard InChI is InChI=1S/C16H22FO3P/c1-10(13-5-4-12(17)7-15(13)21)6-11(8-18)14-9-19-16(2,3)20-14/h4-5,7,11,14,18H,1,6,8-9,21H2,2-3H3/t11-,14-/m1/s1. The van der Waals surface area contributed by atoms with E-state index in [1.165, 1.54) is 12.1 Å². The molecule has 0 bridgehead atoms. The first kappa shape index (κ1) is 16.6. The lowest BCUT2D eigenvalue weighted by molar-refractivity contribution is -0.145. The van der Waals surface area contributed by atoms with Gasteiger partial charge in [-0.2, -0.15) is 0 Å². The van der Waals surface area contributed by atoms with Crippen molar-refractivity contribution in [3.8, 4) is 0 Å². The lowest BCUT2D eigenvalue weighted by atomic mass is 9.92. The van der Waals surface area contributed by atoms with E-state index >= 15 is 0 Å². The van der Waals surface area contributed by atoms with Crippen LogP contribution in [0, 0.1) is 11.7 Å². The van der Waals surface area contributed by atoms with Gasteiger partial charge in [0.25, 0.3) is 0 Å². The molecule has 0 spiro atoms. The number of ether oxygens (including phenoxy) is 2. The fourth-order valence-electron chi connectivity index (χ4n) is 2.54. The van der Waals surface area contributed by atoms with Crippen molar-refractivity contribution in [3.63, 3.8) is 0 Å². The van der Waals surface area contributed by atoms with E-state index in [-0.39, 0.29) is 24.4 Å². The van der Waals surface area contributed by atoms with Crippen LogP contribution in [0.25, 0.3) is 5.57 Å². The Morgan fingerprint density at radius 1 is 1.57 bits per heavy atom. The van der Waals surface area contributed by atoms with E-state index in [2.05, 4.69) is 15.8 Å². The highest BCUT2D eigenvalue weighted by molar-refractivity contribution is 7.27. The van der Waals surface area contributed by atoms with Gasteiger partial charge in [-0.25, -0.2) is 4.39 Å². The molecular formula is C16H22FO3P. The minimum Gasteiger partial charge on any atom is -0.396 e. The zero-order valence-electron chi connectivity index (χ0n) is 12.4. The summed E-state index contributed by atoms with van der Waals surface area (Å²) < 4.78 is 24.5. The first-order valence-electron chi connectivity index (χ1n) is 6.98. The molecule has 21 heavy (non-hydrogen) atoms. The third-order valence-corrected chi connectivity index (χ3v) is 4.17. The van der Waals surface area contributed by atoms with Crippen LogP contribution in [0.5, 0.6) is 0 Å². The summed E-state index contributed by atoms with van der Waals surface area (Å²) in [7, 11) is 2.52. The quantitative estimate of drug-likeness (QED) is 0.849. The SMILES string of the molecule is C=C(C[C@H](CO)[C@H]1COC(C)(C)O1)c1ccc(F)cc1P. The fourth-order valence-corrected chi connectivity index (χ4v) is 3.00. The van der Waals surface area contributed by atoms with Gasteiger partial charge in [0.15, 0.2) is 5.79 Å². The zero-order chi connectivity index (χ0) is 15.6. The monoisotopic (exact) mass is 312 g/mol. The molecule has 1 heterocycles. The van der Waals surface area contributed by atoms with Gasteiger partial charge < -0.3 is 14.6 Å². The van der Waals surface area contributed by atoms with Crippen LogP contribution in [0.15, 0.2) is 24.8 Å². The van der Waals surface area contributed by atoms with Gasteiger partial charge in [0.1, 0.15) is 5.82 Å². The first-order chi connectivity index (χ1) is 9.82. The molecule has 0 saturated carbocycles. The highest BCUT2D eigenvalue weighted by Crippen LogP contribution is 2.31. The lowest BCUT2D eigenvalue weighted by Gasteiger charge is -2.23. The maximum absolute atomic E-state index is 13.2. The summed E-state index contributed by atoms with van der Waals surface area (Å²) in [5.41, 5.74) is 1.74. The topological polar surface area (TPSA) is 38.7 Å². The Kier molecular flexibility index (Phi) is 5.15. The normalized spacial score (nSPS) is 22.2. The van der Waals surface area contributed by atoms with Crippen molar-refractivity contribution in [2.75, 3.05) is 13.2 Å². The van der Waals surface area contributed by atoms with Crippen molar-refractivity contribution < 1.29 is 19.0 Å². The largest absolute Gasteiger partial charge is 0.396 e. The molecule has 3 atom stereocenters. The molecule has 5 heteroatoms. The minimum atomic E-state index is -0.610. The van der Waals surface area contributed by atoms with Crippen molar-refractivity contribution in [3.05, 3.63) is 36.2 Å². The van der Waals surface area contributed by atoms with E-state index < -0.39 is 5.79 Å².